The van der Waals surface area contributed by atoms with Gasteiger partial charge in [-0.25, -0.2) is 0 Å². The molecule has 0 fully saturated rings. The molecule has 1 aromatic heterocycles. The van der Waals surface area contributed by atoms with Crippen molar-refractivity contribution < 1.29 is 13.2 Å². The van der Waals surface area contributed by atoms with Gasteiger partial charge in [0.2, 0.25) is 0 Å². The number of nitrogens with one attached hydrogen (secondary N) is 1. The van der Waals surface area contributed by atoms with Crippen LogP contribution < -0.4 is 11.3 Å². The summed E-state index contributed by atoms with van der Waals surface area (Å²) >= 11 is 1.47. The molecule has 2 nitrogen and oxygen atoms in total. The molecule has 1 heterocycles. The van der Waals surface area contributed by atoms with E-state index in [-0.39, 0.29) is 6.42 Å². The molecule has 98 valence electrons. The minimum atomic E-state index is -4.15. The molecule has 0 saturated carbocycles. The zero-order chi connectivity index (χ0) is 13.2. The maximum absolute atomic E-state index is 12.2. The van der Waals surface area contributed by atoms with Crippen LogP contribution in [0.5, 0.6) is 0 Å². The van der Waals surface area contributed by atoms with Crippen LogP contribution in [0.2, 0.25) is 0 Å². The van der Waals surface area contributed by atoms with E-state index in [0.717, 1.165) is 15.0 Å². The molecule has 0 aliphatic carbocycles. The van der Waals surface area contributed by atoms with Crippen molar-refractivity contribution in [1.82, 2.24) is 5.43 Å². The zero-order valence-electron chi connectivity index (χ0n) is 9.50. The second-order valence-electron chi connectivity index (χ2n) is 4.06. The standard InChI is InChI=1S/C12H13F3N2S/c13-12(14,15)6-5-9(17-16)11-7-8-3-1-2-4-10(8)18-11/h1-4,7,9,17H,5-6,16H2. The first-order valence-electron chi connectivity index (χ1n) is 5.51. The van der Waals surface area contributed by atoms with E-state index in [0.29, 0.717) is 0 Å². The number of alkyl halides is 3. The van der Waals surface area contributed by atoms with Crippen LogP contribution in [-0.2, 0) is 0 Å². The van der Waals surface area contributed by atoms with E-state index in [4.69, 9.17) is 5.84 Å². The van der Waals surface area contributed by atoms with Gasteiger partial charge < -0.3 is 0 Å². The highest BCUT2D eigenvalue weighted by Crippen LogP contribution is 2.33. The van der Waals surface area contributed by atoms with E-state index >= 15 is 0 Å². The van der Waals surface area contributed by atoms with Crippen molar-refractivity contribution in [2.75, 3.05) is 0 Å². The minimum absolute atomic E-state index is 0.0488. The van der Waals surface area contributed by atoms with E-state index in [1.54, 1.807) is 0 Å². The minimum Gasteiger partial charge on any atom is -0.271 e. The van der Waals surface area contributed by atoms with E-state index in [1.807, 2.05) is 30.3 Å². The highest BCUT2D eigenvalue weighted by Gasteiger charge is 2.28. The Hall–Kier alpha value is -1.11. The molecule has 6 heteroatoms. The van der Waals surface area contributed by atoms with Crippen LogP contribution in [0.4, 0.5) is 13.2 Å². The highest BCUT2D eigenvalue weighted by atomic mass is 32.1. The topological polar surface area (TPSA) is 38.0 Å². The summed E-state index contributed by atoms with van der Waals surface area (Å²) in [5.74, 6) is 5.35. The maximum Gasteiger partial charge on any atom is 0.389 e. The maximum atomic E-state index is 12.2. The second-order valence-corrected chi connectivity index (χ2v) is 5.18. The van der Waals surface area contributed by atoms with Crippen molar-refractivity contribution >= 4 is 21.4 Å². The number of hydrazine groups is 1. The predicted octanol–water partition coefficient (Wildman–Crippen LogP) is 3.75. The quantitative estimate of drug-likeness (QED) is 0.658. The molecule has 0 spiro atoms. The van der Waals surface area contributed by atoms with E-state index in [1.165, 1.54) is 11.3 Å². The number of fused-ring (bicyclic) bond motifs is 1. The molecule has 0 amide bonds. The molecular weight excluding hydrogens is 261 g/mol. The SMILES string of the molecule is NNC(CCC(F)(F)F)c1cc2ccccc2s1. The van der Waals surface area contributed by atoms with Crippen LogP contribution in [0.25, 0.3) is 10.1 Å². The van der Waals surface area contributed by atoms with Gasteiger partial charge in [-0.3, -0.25) is 11.3 Å². The number of benzene rings is 1. The Balaban J connectivity index is 2.16. The van der Waals surface area contributed by atoms with Gasteiger partial charge in [-0.1, -0.05) is 18.2 Å². The molecule has 2 aromatic rings. The van der Waals surface area contributed by atoms with Crippen molar-refractivity contribution in [3.8, 4) is 0 Å². The summed E-state index contributed by atoms with van der Waals surface area (Å²) in [5.41, 5.74) is 2.46. The van der Waals surface area contributed by atoms with Crippen LogP contribution >= 0.6 is 11.3 Å². The summed E-state index contributed by atoms with van der Waals surface area (Å²) in [6.45, 7) is 0. The van der Waals surface area contributed by atoms with Crippen LogP contribution in [0.15, 0.2) is 30.3 Å². The third-order valence-corrected chi connectivity index (χ3v) is 3.94. The fraction of sp³-hybridized carbons (Fsp3) is 0.333. The summed E-state index contributed by atoms with van der Waals surface area (Å²) in [6.07, 6.45) is -5.03. The molecule has 1 atom stereocenters. The average molecular weight is 274 g/mol. The number of rotatable bonds is 4. The van der Waals surface area contributed by atoms with Crippen LogP contribution in [-0.4, -0.2) is 6.18 Å². The first-order valence-corrected chi connectivity index (χ1v) is 6.32. The van der Waals surface area contributed by atoms with Crippen LogP contribution in [0, 0.1) is 0 Å². The lowest BCUT2D eigenvalue weighted by atomic mass is 10.1. The number of hydrogen-bond acceptors (Lipinski definition) is 3. The Kier molecular flexibility index (Phi) is 3.89. The second kappa shape index (κ2) is 5.26. The molecule has 0 aliphatic rings. The summed E-state index contributed by atoms with van der Waals surface area (Å²) < 4.78 is 37.7. The molecule has 3 N–H and O–H groups in total. The Morgan fingerprint density at radius 1 is 1.28 bits per heavy atom. The molecule has 0 saturated heterocycles. The summed E-state index contributed by atoms with van der Waals surface area (Å²) in [4.78, 5) is 0.836. The summed E-state index contributed by atoms with van der Waals surface area (Å²) in [5, 5.41) is 1.03. The third kappa shape index (κ3) is 3.22. The van der Waals surface area contributed by atoms with Crippen molar-refractivity contribution in [2.24, 2.45) is 5.84 Å². The van der Waals surface area contributed by atoms with E-state index in [9.17, 15) is 13.2 Å². The largest absolute Gasteiger partial charge is 0.389 e. The molecule has 0 radical (unpaired) electrons. The first-order chi connectivity index (χ1) is 8.49. The molecule has 2 rings (SSSR count). The number of hydrogen-bond donors (Lipinski definition) is 2. The predicted molar refractivity (Wildman–Crippen MR) is 67.2 cm³/mol. The number of nitrogens with two attached hydrogens (primary N) is 1. The Morgan fingerprint density at radius 3 is 2.61 bits per heavy atom. The summed E-state index contributed by atoms with van der Waals surface area (Å²) in [6, 6.07) is 9.13. The molecule has 1 aromatic carbocycles. The Bertz CT molecular complexity index is 488. The van der Waals surface area contributed by atoms with Crippen molar-refractivity contribution in [3.63, 3.8) is 0 Å². The van der Waals surface area contributed by atoms with Gasteiger partial charge in [-0.2, -0.15) is 13.2 Å². The Morgan fingerprint density at radius 2 is 2.00 bits per heavy atom. The Labute approximate surface area is 107 Å². The molecule has 1 unspecified atom stereocenters. The first kappa shape index (κ1) is 13.3. The summed E-state index contributed by atoms with van der Waals surface area (Å²) in [7, 11) is 0. The number of thiophene rings is 1. The molecule has 0 aliphatic heterocycles. The van der Waals surface area contributed by atoms with Crippen molar-refractivity contribution in [2.45, 2.75) is 25.1 Å². The van der Waals surface area contributed by atoms with Gasteiger partial charge in [0, 0.05) is 16.0 Å². The highest BCUT2D eigenvalue weighted by molar-refractivity contribution is 7.19. The van der Waals surface area contributed by atoms with Crippen molar-refractivity contribution in [1.29, 1.82) is 0 Å². The van der Waals surface area contributed by atoms with E-state index in [2.05, 4.69) is 5.43 Å². The van der Waals surface area contributed by atoms with Gasteiger partial charge >= 0.3 is 6.18 Å². The van der Waals surface area contributed by atoms with Gasteiger partial charge in [0.25, 0.3) is 0 Å². The lowest BCUT2D eigenvalue weighted by Crippen LogP contribution is -2.28. The van der Waals surface area contributed by atoms with E-state index < -0.39 is 18.6 Å². The van der Waals surface area contributed by atoms with Gasteiger partial charge in [-0.15, -0.1) is 11.3 Å². The molecule has 0 bridgehead atoms. The fourth-order valence-electron chi connectivity index (χ4n) is 1.79. The molecule has 18 heavy (non-hydrogen) atoms. The van der Waals surface area contributed by atoms with Crippen LogP contribution in [0.3, 0.4) is 0 Å². The normalized spacial score (nSPS) is 14.0. The van der Waals surface area contributed by atoms with Gasteiger partial charge in [-0.05, 0) is 23.9 Å². The average Bonchev–Trinajstić information content (AvgIpc) is 2.71. The van der Waals surface area contributed by atoms with Crippen molar-refractivity contribution in [3.05, 3.63) is 35.2 Å². The third-order valence-electron chi connectivity index (χ3n) is 2.71. The molecular formula is C12H13F3N2S. The zero-order valence-corrected chi connectivity index (χ0v) is 10.3. The monoisotopic (exact) mass is 274 g/mol. The van der Waals surface area contributed by atoms with Gasteiger partial charge in [0.1, 0.15) is 0 Å². The lowest BCUT2D eigenvalue weighted by molar-refractivity contribution is -0.136. The van der Waals surface area contributed by atoms with Gasteiger partial charge in [0.15, 0.2) is 0 Å². The lowest BCUT2D eigenvalue weighted by Gasteiger charge is -2.15. The van der Waals surface area contributed by atoms with Gasteiger partial charge in [0.05, 0.1) is 6.04 Å². The van der Waals surface area contributed by atoms with Crippen LogP contribution in [0.1, 0.15) is 23.8 Å². The fourth-order valence-corrected chi connectivity index (χ4v) is 2.95. The number of halogens is 3. The smallest absolute Gasteiger partial charge is 0.271 e.